The van der Waals surface area contributed by atoms with Crippen LogP contribution in [0.2, 0.25) is 0 Å². The van der Waals surface area contributed by atoms with Gasteiger partial charge >= 0.3 is 12.1 Å². The number of aromatic nitrogens is 2. The van der Waals surface area contributed by atoms with Crippen LogP contribution in [-0.2, 0) is 4.74 Å². The monoisotopic (exact) mass is 353 g/mol. The number of carbonyl (C=O) groups is 2. The molecule has 9 nitrogen and oxygen atoms in total. The molecule has 0 saturated carbocycles. The number of carbonyl (C=O) groups excluding carboxylic acids is 2. The zero-order chi connectivity index (χ0) is 18.7. The summed E-state index contributed by atoms with van der Waals surface area (Å²) in [7, 11) is 0. The molecule has 1 aromatic rings. The molecule has 140 valence electrons. The number of unbranched alkanes of at least 4 members (excludes halogenated alkanes) is 3. The van der Waals surface area contributed by atoms with E-state index in [-0.39, 0.29) is 17.6 Å². The molecule has 0 fully saturated rings. The molecule has 0 radical (unpaired) electrons. The molecule has 0 bridgehead atoms. The SMILES string of the molecule is Cc1cc(=O)[nH]c(NC(=O)NCCCCCCNC(=O)OC(C)C)n1. The lowest BCUT2D eigenvalue weighted by Crippen LogP contribution is -2.31. The Balaban J connectivity index is 2.05. The molecular weight excluding hydrogens is 326 g/mol. The molecule has 9 heteroatoms. The Kier molecular flexibility index (Phi) is 9.05. The molecule has 1 heterocycles. The van der Waals surface area contributed by atoms with Crippen LogP contribution in [0.1, 0.15) is 45.2 Å². The van der Waals surface area contributed by atoms with Crippen molar-refractivity contribution in [2.45, 2.75) is 52.6 Å². The fourth-order valence-electron chi connectivity index (χ4n) is 2.04. The molecule has 0 aromatic carbocycles. The van der Waals surface area contributed by atoms with Crippen LogP contribution < -0.4 is 21.5 Å². The molecule has 1 aromatic heterocycles. The Morgan fingerprint density at radius 1 is 1.16 bits per heavy atom. The Morgan fingerprint density at radius 3 is 2.40 bits per heavy atom. The second kappa shape index (κ2) is 11.1. The maximum absolute atomic E-state index is 11.7. The lowest BCUT2D eigenvalue weighted by atomic mass is 10.2. The Labute approximate surface area is 146 Å². The summed E-state index contributed by atoms with van der Waals surface area (Å²) in [6.45, 7) is 6.37. The minimum Gasteiger partial charge on any atom is -0.447 e. The summed E-state index contributed by atoms with van der Waals surface area (Å²) in [6, 6.07) is 0.937. The van der Waals surface area contributed by atoms with E-state index in [1.165, 1.54) is 6.07 Å². The first-order valence-electron chi connectivity index (χ1n) is 8.44. The maximum atomic E-state index is 11.7. The first-order valence-corrected chi connectivity index (χ1v) is 8.44. The molecule has 25 heavy (non-hydrogen) atoms. The maximum Gasteiger partial charge on any atom is 0.407 e. The van der Waals surface area contributed by atoms with Crippen molar-refractivity contribution in [2.24, 2.45) is 0 Å². The van der Waals surface area contributed by atoms with E-state index in [9.17, 15) is 14.4 Å². The van der Waals surface area contributed by atoms with E-state index in [1.54, 1.807) is 20.8 Å². The number of rotatable bonds is 9. The van der Waals surface area contributed by atoms with Crippen LogP contribution in [-0.4, -0.2) is 41.3 Å². The third-order valence-corrected chi connectivity index (χ3v) is 3.10. The topological polar surface area (TPSA) is 125 Å². The molecule has 0 saturated heterocycles. The number of ether oxygens (including phenoxy) is 1. The van der Waals surface area contributed by atoms with Crippen LogP contribution in [0.15, 0.2) is 10.9 Å². The summed E-state index contributed by atoms with van der Waals surface area (Å²) in [5, 5.41) is 7.87. The summed E-state index contributed by atoms with van der Waals surface area (Å²) >= 11 is 0. The zero-order valence-corrected chi connectivity index (χ0v) is 15.0. The number of H-pyrrole nitrogens is 1. The van der Waals surface area contributed by atoms with E-state index in [1.807, 2.05) is 0 Å². The number of hydrogen-bond acceptors (Lipinski definition) is 5. The Hall–Kier alpha value is -2.58. The summed E-state index contributed by atoms with van der Waals surface area (Å²) in [5.41, 5.74) is 0.221. The van der Waals surface area contributed by atoms with Gasteiger partial charge in [0.15, 0.2) is 0 Å². The highest BCUT2D eigenvalue weighted by Crippen LogP contribution is 1.99. The normalized spacial score (nSPS) is 10.4. The zero-order valence-electron chi connectivity index (χ0n) is 15.0. The highest BCUT2D eigenvalue weighted by Gasteiger charge is 2.04. The van der Waals surface area contributed by atoms with Crippen molar-refractivity contribution >= 4 is 18.1 Å². The average Bonchev–Trinajstić information content (AvgIpc) is 2.48. The van der Waals surface area contributed by atoms with Crippen LogP contribution in [0.25, 0.3) is 0 Å². The molecule has 0 atom stereocenters. The fraction of sp³-hybridized carbons (Fsp3) is 0.625. The first-order chi connectivity index (χ1) is 11.9. The van der Waals surface area contributed by atoms with Gasteiger partial charge in [0.1, 0.15) is 0 Å². The molecule has 0 spiro atoms. The largest absolute Gasteiger partial charge is 0.447 e. The van der Waals surface area contributed by atoms with Crippen molar-refractivity contribution in [3.8, 4) is 0 Å². The van der Waals surface area contributed by atoms with Gasteiger partial charge in [0, 0.05) is 24.8 Å². The van der Waals surface area contributed by atoms with E-state index in [4.69, 9.17) is 4.74 Å². The number of aryl methyl sites for hydroxylation is 1. The van der Waals surface area contributed by atoms with E-state index < -0.39 is 12.1 Å². The molecular formula is C16H27N5O4. The van der Waals surface area contributed by atoms with Gasteiger partial charge < -0.3 is 15.4 Å². The number of hydrogen-bond donors (Lipinski definition) is 4. The van der Waals surface area contributed by atoms with E-state index in [0.29, 0.717) is 18.8 Å². The first kappa shape index (κ1) is 20.5. The second-order valence-electron chi connectivity index (χ2n) is 5.91. The Morgan fingerprint density at radius 2 is 1.80 bits per heavy atom. The van der Waals surface area contributed by atoms with Crippen LogP contribution in [0.5, 0.6) is 0 Å². The van der Waals surface area contributed by atoms with Gasteiger partial charge in [0.05, 0.1) is 6.10 Å². The van der Waals surface area contributed by atoms with Gasteiger partial charge in [-0.25, -0.2) is 14.6 Å². The van der Waals surface area contributed by atoms with Crippen LogP contribution in [0, 0.1) is 6.92 Å². The number of alkyl carbamates (subject to hydrolysis) is 1. The van der Waals surface area contributed by atoms with Gasteiger partial charge in [-0.3, -0.25) is 15.1 Å². The number of nitrogens with zero attached hydrogens (tertiary/aromatic N) is 1. The van der Waals surface area contributed by atoms with Gasteiger partial charge in [-0.15, -0.1) is 0 Å². The van der Waals surface area contributed by atoms with Crippen molar-refractivity contribution in [3.63, 3.8) is 0 Å². The number of aromatic amines is 1. The van der Waals surface area contributed by atoms with Crippen molar-refractivity contribution in [3.05, 3.63) is 22.1 Å². The van der Waals surface area contributed by atoms with Crippen LogP contribution in [0.4, 0.5) is 15.5 Å². The molecule has 0 aliphatic rings. The number of urea groups is 1. The predicted molar refractivity (Wildman–Crippen MR) is 94.7 cm³/mol. The predicted octanol–water partition coefficient (Wildman–Crippen LogP) is 1.89. The van der Waals surface area contributed by atoms with Crippen LogP contribution in [0.3, 0.4) is 0 Å². The van der Waals surface area contributed by atoms with Crippen molar-refractivity contribution < 1.29 is 14.3 Å². The molecule has 0 unspecified atom stereocenters. The average molecular weight is 353 g/mol. The van der Waals surface area contributed by atoms with Crippen molar-refractivity contribution in [1.82, 2.24) is 20.6 Å². The minimum absolute atomic E-state index is 0.120. The minimum atomic E-state index is -0.410. The number of nitrogens with one attached hydrogen (secondary N) is 4. The van der Waals surface area contributed by atoms with E-state index >= 15 is 0 Å². The smallest absolute Gasteiger partial charge is 0.407 e. The standard InChI is InChI=1S/C16H27N5O4/c1-11(2)25-16(24)18-9-7-5-4-6-8-17-15(23)21-14-19-12(3)10-13(22)20-14/h10-11H,4-9H2,1-3H3,(H,18,24)(H3,17,19,20,21,22,23). The summed E-state index contributed by atoms with van der Waals surface area (Å²) in [6.07, 6.45) is 3.04. The molecule has 0 aliphatic carbocycles. The third-order valence-electron chi connectivity index (χ3n) is 3.10. The molecule has 4 N–H and O–H groups in total. The molecule has 3 amide bonds. The Bertz CT molecular complexity index is 615. The summed E-state index contributed by atoms with van der Waals surface area (Å²) < 4.78 is 4.95. The van der Waals surface area contributed by atoms with Crippen molar-refractivity contribution in [2.75, 3.05) is 18.4 Å². The van der Waals surface area contributed by atoms with E-state index in [2.05, 4.69) is 25.9 Å². The van der Waals surface area contributed by atoms with Crippen molar-refractivity contribution in [1.29, 1.82) is 0 Å². The highest BCUT2D eigenvalue weighted by molar-refractivity contribution is 5.87. The lowest BCUT2D eigenvalue weighted by molar-refractivity contribution is 0.115. The summed E-state index contributed by atoms with van der Waals surface area (Å²) in [5.74, 6) is 0.127. The molecule has 0 aliphatic heterocycles. The van der Waals surface area contributed by atoms with Gasteiger partial charge in [0.2, 0.25) is 5.95 Å². The lowest BCUT2D eigenvalue weighted by Gasteiger charge is -2.09. The number of anilines is 1. The fourth-order valence-corrected chi connectivity index (χ4v) is 2.04. The van der Waals surface area contributed by atoms with Gasteiger partial charge in [-0.2, -0.15) is 0 Å². The number of amides is 3. The quantitative estimate of drug-likeness (QED) is 0.505. The van der Waals surface area contributed by atoms with Gasteiger partial charge in [-0.05, 0) is 33.6 Å². The highest BCUT2D eigenvalue weighted by atomic mass is 16.6. The summed E-state index contributed by atoms with van der Waals surface area (Å²) in [4.78, 5) is 40.7. The second-order valence-corrected chi connectivity index (χ2v) is 5.91. The van der Waals surface area contributed by atoms with Crippen LogP contribution >= 0.6 is 0 Å². The third kappa shape index (κ3) is 10.0. The molecule has 1 rings (SSSR count). The van der Waals surface area contributed by atoms with Gasteiger partial charge in [-0.1, -0.05) is 12.8 Å². The van der Waals surface area contributed by atoms with Gasteiger partial charge in [0.25, 0.3) is 5.56 Å². The van der Waals surface area contributed by atoms with E-state index in [0.717, 1.165) is 25.7 Å².